The SMILES string of the molecule is O=[N+]([O-])c1cccc(S(=O)(=O)[O-])c1S(=O)(=O)[O-]. The number of nitro groups is 1. The summed E-state index contributed by atoms with van der Waals surface area (Å²) in [5.41, 5.74) is -1.25. The molecule has 0 saturated carbocycles. The lowest BCUT2D eigenvalue weighted by atomic mass is 10.3. The van der Waals surface area contributed by atoms with Crippen LogP contribution >= 0.6 is 0 Å². The summed E-state index contributed by atoms with van der Waals surface area (Å²) in [6.07, 6.45) is 0. The Morgan fingerprint density at radius 3 is 1.88 bits per heavy atom. The molecule has 17 heavy (non-hydrogen) atoms. The molecule has 94 valence electrons. The second-order valence-electron chi connectivity index (χ2n) is 2.77. The highest BCUT2D eigenvalue weighted by atomic mass is 32.2. The van der Waals surface area contributed by atoms with Crippen molar-refractivity contribution in [1.82, 2.24) is 0 Å². The minimum atomic E-state index is -5.46. The Labute approximate surface area is 95.3 Å². The molecular weight excluding hydrogens is 278 g/mol. The molecule has 0 bridgehead atoms. The zero-order valence-electron chi connectivity index (χ0n) is 7.76. The molecule has 0 fully saturated rings. The molecule has 0 radical (unpaired) electrons. The average molecular weight is 281 g/mol. The third kappa shape index (κ3) is 2.76. The number of nitrogens with zero attached hydrogens (tertiary/aromatic N) is 1. The second kappa shape index (κ2) is 4.03. The summed E-state index contributed by atoms with van der Waals surface area (Å²) < 4.78 is 64.4. The molecule has 0 heterocycles. The van der Waals surface area contributed by atoms with Crippen molar-refractivity contribution in [3.8, 4) is 0 Å². The van der Waals surface area contributed by atoms with Crippen molar-refractivity contribution in [3.05, 3.63) is 28.3 Å². The Hall–Kier alpha value is -1.56. The molecule has 0 saturated heterocycles. The molecule has 0 aliphatic rings. The van der Waals surface area contributed by atoms with Gasteiger partial charge in [0.2, 0.25) is 0 Å². The normalized spacial score (nSPS) is 12.4. The van der Waals surface area contributed by atoms with Gasteiger partial charge in [0.25, 0.3) is 5.69 Å². The number of rotatable bonds is 3. The Kier molecular flexibility index (Phi) is 3.20. The quantitative estimate of drug-likeness (QED) is 0.403. The molecule has 0 atom stereocenters. The maximum absolute atomic E-state index is 10.8. The van der Waals surface area contributed by atoms with Gasteiger partial charge in [0.05, 0.1) is 9.82 Å². The highest BCUT2D eigenvalue weighted by Gasteiger charge is 2.25. The molecule has 1 aromatic carbocycles. The maximum Gasteiger partial charge on any atom is 0.288 e. The van der Waals surface area contributed by atoms with Gasteiger partial charge in [-0.05, 0) is 6.07 Å². The first-order chi connectivity index (χ1) is 7.55. The highest BCUT2D eigenvalue weighted by Crippen LogP contribution is 2.29. The van der Waals surface area contributed by atoms with Crippen molar-refractivity contribution in [2.24, 2.45) is 0 Å². The molecule has 9 nitrogen and oxygen atoms in total. The van der Waals surface area contributed by atoms with E-state index >= 15 is 0 Å². The highest BCUT2D eigenvalue weighted by molar-refractivity contribution is 7.89. The van der Waals surface area contributed by atoms with Crippen molar-refractivity contribution in [3.63, 3.8) is 0 Å². The van der Waals surface area contributed by atoms with E-state index in [2.05, 4.69) is 0 Å². The van der Waals surface area contributed by atoms with Crippen molar-refractivity contribution < 1.29 is 30.9 Å². The third-order valence-electron chi connectivity index (χ3n) is 1.67. The lowest BCUT2D eigenvalue weighted by molar-refractivity contribution is -0.388. The fourth-order valence-corrected chi connectivity index (χ4v) is 3.00. The summed E-state index contributed by atoms with van der Waals surface area (Å²) in [6, 6.07) is 1.91. The van der Waals surface area contributed by atoms with Crippen LogP contribution in [-0.4, -0.2) is 30.9 Å². The van der Waals surface area contributed by atoms with Gasteiger partial charge in [0, 0.05) is 6.07 Å². The van der Waals surface area contributed by atoms with Crippen molar-refractivity contribution in [1.29, 1.82) is 0 Å². The molecule has 0 aromatic heterocycles. The summed E-state index contributed by atoms with van der Waals surface area (Å²) in [5.74, 6) is 0. The first kappa shape index (κ1) is 13.5. The van der Waals surface area contributed by atoms with Crippen LogP contribution in [0.3, 0.4) is 0 Å². The number of nitro benzene ring substituents is 1. The molecule has 11 heteroatoms. The van der Waals surface area contributed by atoms with Crippen LogP contribution in [-0.2, 0) is 20.2 Å². The van der Waals surface area contributed by atoms with Crippen molar-refractivity contribution in [2.45, 2.75) is 9.79 Å². The van der Waals surface area contributed by atoms with Crippen LogP contribution in [0.4, 0.5) is 5.69 Å². The molecule has 0 amide bonds. The van der Waals surface area contributed by atoms with E-state index in [-0.39, 0.29) is 0 Å². The van der Waals surface area contributed by atoms with E-state index in [1.165, 1.54) is 0 Å². The number of hydrogen-bond acceptors (Lipinski definition) is 8. The third-order valence-corrected chi connectivity index (χ3v) is 3.61. The van der Waals surface area contributed by atoms with E-state index in [0.29, 0.717) is 12.1 Å². The minimum absolute atomic E-state index is 0.514. The van der Waals surface area contributed by atoms with Gasteiger partial charge < -0.3 is 9.11 Å². The minimum Gasteiger partial charge on any atom is -0.744 e. The van der Waals surface area contributed by atoms with Crippen LogP contribution in [0.1, 0.15) is 0 Å². The van der Waals surface area contributed by atoms with Crippen LogP contribution in [0.15, 0.2) is 28.0 Å². The predicted octanol–water partition coefficient (Wildman–Crippen LogP) is -0.597. The molecule has 0 aliphatic heterocycles. The second-order valence-corrected chi connectivity index (χ2v) is 5.43. The Bertz CT molecular complexity index is 674. The van der Waals surface area contributed by atoms with Crippen LogP contribution in [0.5, 0.6) is 0 Å². The Balaban J connectivity index is 3.90. The smallest absolute Gasteiger partial charge is 0.288 e. The van der Waals surface area contributed by atoms with Gasteiger partial charge in [-0.25, -0.2) is 16.8 Å². The molecule has 0 unspecified atom stereocenters. The maximum atomic E-state index is 10.8. The van der Waals surface area contributed by atoms with Crippen molar-refractivity contribution >= 4 is 25.9 Å². The van der Waals surface area contributed by atoms with E-state index in [1.54, 1.807) is 0 Å². The summed E-state index contributed by atoms with van der Waals surface area (Å²) in [4.78, 5) is 6.12. The first-order valence-corrected chi connectivity index (χ1v) is 6.56. The Morgan fingerprint density at radius 1 is 1.00 bits per heavy atom. The van der Waals surface area contributed by atoms with Gasteiger partial charge in [-0.1, -0.05) is 6.07 Å². The number of benzene rings is 1. The average Bonchev–Trinajstić information content (AvgIpc) is 2.13. The topological polar surface area (TPSA) is 158 Å². The van der Waals surface area contributed by atoms with Crippen molar-refractivity contribution in [2.75, 3.05) is 0 Å². The van der Waals surface area contributed by atoms with Crippen LogP contribution < -0.4 is 0 Å². The molecule has 0 N–H and O–H groups in total. The molecule has 1 rings (SSSR count). The molecular formula is C6H3NO8S2-2. The van der Waals surface area contributed by atoms with Gasteiger partial charge in [0.15, 0.2) is 0 Å². The van der Waals surface area contributed by atoms with Gasteiger partial charge >= 0.3 is 0 Å². The molecule has 1 aromatic rings. The molecule has 0 spiro atoms. The van der Waals surface area contributed by atoms with Gasteiger partial charge in [-0.15, -0.1) is 0 Å². The zero-order valence-corrected chi connectivity index (χ0v) is 9.39. The standard InChI is InChI=1S/C6H5NO8S2/c8-7(9)4-2-1-3-5(16(10,11)12)6(4)17(13,14)15/h1-3H,(H,10,11,12)(H,13,14,15)/p-2. The lowest BCUT2D eigenvalue weighted by Crippen LogP contribution is -2.11. The fourth-order valence-electron chi connectivity index (χ4n) is 1.10. The first-order valence-electron chi connectivity index (χ1n) is 3.74. The summed E-state index contributed by atoms with van der Waals surface area (Å²) in [7, 11) is -10.8. The van der Waals surface area contributed by atoms with Crippen LogP contribution in [0, 0.1) is 10.1 Å². The van der Waals surface area contributed by atoms with Gasteiger partial charge in [-0.2, -0.15) is 0 Å². The van der Waals surface area contributed by atoms with E-state index in [0.717, 1.165) is 6.07 Å². The van der Waals surface area contributed by atoms with E-state index < -0.39 is 40.6 Å². The van der Waals surface area contributed by atoms with Gasteiger partial charge in [0.1, 0.15) is 25.1 Å². The van der Waals surface area contributed by atoms with Crippen LogP contribution in [0.2, 0.25) is 0 Å². The largest absolute Gasteiger partial charge is 0.744 e. The summed E-state index contributed by atoms with van der Waals surface area (Å²) >= 11 is 0. The molecule has 0 aliphatic carbocycles. The summed E-state index contributed by atoms with van der Waals surface area (Å²) in [6.45, 7) is 0. The number of hydrogen-bond donors (Lipinski definition) is 0. The van der Waals surface area contributed by atoms with Crippen LogP contribution in [0.25, 0.3) is 0 Å². The summed E-state index contributed by atoms with van der Waals surface area (Å²) in [5, 5.41) is 10.5. The van der Waals surface area contributed by atoms with E-state index in [9.17, 15) is 36.1 Å². The predicted molar refractivity (Wildman–Crippen MR) is 49.0 cm³/mol. The zero-order chi connectivity index (χ0) is 13.4. The Morgan fingerprint density at radius 2 is 1.53 bits per heavy atom. The van der Waals surface area contributed by atoms with E-state index in [1.807, 2.05) is 0 Å². The van der Waals surface area contributed by atoms with Gasteiger partial charge in [-0.3, -0.25) is 10.1 Å². The monoisotopic (exact) mass is 281 g/mol. The lowest BCUT2D eigenvalue weighted by Gasteiger charge is -2.14. The fraction of sp³-hybridized carbons (Fsp3) is 0. The van der Waals surface area contributed by atoms with E-state index in [4.69, 9.17) is 0 Å².